The van der Waals surface area contributed by atoms with Gasteiger partial charge >= 0.3 is 0 Å². The van der Waals surface area contributed by atoms with Gasteiger partial charge in [-0.15, -0.1) is 0 Å². The van der Waals surface area contributed by atoms with Gasteiger partial charge in [0.05, 0.1) is 17.1 Å². The van der Waals surface area contributed by atoms with E-state index >= 15 is 0 Å². The van der Waals surface area contributed by atoms with Crippen molar-refractivity contribution in [2.45, 2.75) is 11.4 Å². The van der Waals surface area contributed by atoms with E-state index in [1.54, 1.807) is 24.4 Å². The fourth-order valence-electron chi connectivity index (χ4n) is 1.29. The van der Waals surface area contributed by atoms with E-state index < -0.39 is 10.0 Å². The minimum absolute atomic E-state index is 0.173. The van der Waals surface area contributed by atoms with Crippen molar-refractivity contribution in [1.82, 2.24) is 14.9 Å². The molecule has 1 aromatic carbocycles. The summed E-state index contributed by atoms with van der Waals surface area (Å²) in [7, 11) is -3.51. The van der Waals surface area contributed by atoms with Gasteiger partial charge in [-0.05, 0) is 30.3 Å². The van der Waals surface area contributed by atoms with E-state index in [4.69, 9.17) is 5.73 Å². The quantitative estimate of drug-likeness (QED) is 0.688. The number of nitrogens with one attached hydrogen (secondary N) is 2. The molecule has 90 valence electrons. The van der Waals surface area contributed by atoms with Crippen molar-refractivity contribution < 1.29 is 8.42 Å². The topological polar surface area (TPSA) is 101 Å². The van der Waals surface area contributed by atoms with Gasteiger partial charge in [-0.1, -0.05) is 0 Å². The summed E-state index contributed by atoms with van der Waals surface area (Å²) in [5.74, 6) is 0. The lowest BCUT2D eigenvalue weighted by molar-refractivity contribution is 0.580. The van der Waals surface area contributed by atoms with E-state index in [1.165, 1.54) is 12.1 Å². The van der Waals surface area contributed by atoms with E-state index in [0.717, 1.165) is 0 Å². The summed E-state index contributed by atoms with van der Waals surface area (Å²) in [5, 5.41) is 6.40. The molecule has 0 atom stereocenters. The minimum atomic E-state index is -3.51. The molecule has 0 aliphatic heterocycles. The zero-order valence-corrected chi connectivity index (χ0v) is 9.74. The van der Waals surface area contributed by atoms with Gasteiger partial charge in [-0.3, -0.25) is 5.10 Å². The van der Waals surface area contributed by atoms with Gasteiger partial charge in [0.2, 0.25) is 10.0 Å². The van der Waals surface area contributed by atoms with Crippen LogP contribution >= 0.6 is 0 Å². The first kappa shape index (κ1) is 11.6. The van der Waals surface area contributed by atoms with E-state index in [0.29, 0.717) is 11.4 Å². The molecule has 0 amide bonds. The number of aromatic amines is 1. The lowest BCUT2D eigenvalue weighted by Gasteiger charge is -2.05. The van der Waals surface area contributed by atoms with E-state index in [-0.39, 0.29) is 11.4 Å². The predicted molar refractivity (Wildman–Crippen MR) is 63.5 cm³/mol. The third-order valence-electron chi connectivity index (χ3n) is 2.20. The standard InChI is InChI=1S/C10H12N4O2S/c11-8-1-3-10(4-2-8)17(15,16)13-7-9-5-6-12-14-9/h1-6,13H,7,11H2,(H,12,14). The Morgan fingerprint density at radius 2 is 1.94 bits per heavy atom. The number of rotatable bonds is 4. The molecule has 1 heterocycles. The summed E-state index contributed by atoms with van der Waals surface area (Å²) in [6.45, 7) is 0.173. The maximum atomic E-state index is 11.9. The fourth-order valence-corrected chi connectivity index (χ4v) is 2.29. The van der Waals surface area contributed by atoms with Gasteiger partial charge < -0.3 is 5.73 Å². The Labute approximate surface area is 98.9 Å². The van der Waals surface area contributed by atoms with Gasteiger partial charge in [-0.2, -0.15) is 5.10 Å². The van der Waals surface area contributed by atoms with Gasteiger partial charge in [-0.25, -0.2) is 13.1 Å². The monoisotopic (exact) mass is 252 g/mol. The number of H-pyrrole nitrogens is 1. The van der Waals surface area contributed by atoms with E-state index in [2.05, 4.69) is 14.9 Å². The van der Waals surface area contributed by atoms with Crippen molar-refractivity contribution in [3.8, 4) is 0 Å². The number of nitrogens with zero attached hydrogens (tertiary/aromatic N) is 1. The van der Waals surface area contributed by atoms with Gasteiger partial charge in [0.1, 0.15) is 0 Å². The summed E-state index contributed by atoms with van der Waals surface area (Å²) in [6.07, 6.45) is 1.56. The lowest BCUT2D eigenvalue weighted by atomic mass is 10.3. The highest BCUT2D eigenvalue weighted by molar-refractivity contribution is 7.89. The second-order valence-electron chi connectivity index (χ2n) is 3.48. The first-order chi connectivity index (χ1) is 8.08. The van der Waals surface area contributed by atoms with Crippen LogP contribution in [0.15, 0.2) is 41.4 Å². The highest BCUT2D eigenvalue weighted by atomic mass is 32.2. The number of benzene rings is 1. The Bertz CT molecular complexity index is 575. The molecule has 0 fully saturated rings. The average Bonchev–Trinajstić information content (AvgIpc) is 2.80. The SMILES string of the molecule is Nc1ccc(S(=O)(=O)NCc2ccn[nH]2)cc1. The number of hydrogen-bond acceptors (Lipinski definition) is 4. The molecular formula is C10H12N4O2S. The zero-order valence-electron chi connectivity index (χ0n) is 8.92. The van der Waals surface area contributed by atoms with E-state index in [9.17, 15) is 8.42 Å². The van der Waals surface area contributed by atoms with Crippen LogP contribution in [0.1, 0.15) is 5.69 Å². The Morgan fingerprint density at radius 3 is 2.53 bits per heavy atom. The van der Waals surface area contributed by atoms with Crippen LogP contribution in [-0.4, -0.2) is 18.6 Å². The van der Waals surface area contributed by atoms with Gasteiger partial charge in [0.15, 0.2) is 0 Å². The van der Waals surface area contributed by atoms with Crippen molar-refractivity contribution in [2.24, 2.45) is 0 Å². The lowest BCUT2D eigenvalue weighted by Crippen LogP contribution is -2.23. The molecule has 17 heavy (non-hydrogen) atoms. The second kappa shape index (κ2) is 4.56. The van der Waals surface area contributed by atoms with Crippen LogP contribution in [0.3, 0.4) is 0 Å². The zero-order chi connectivity index (χ0) is 12.3. The summed E-state index contributed by atoms with van der Waals surface area (Å²) in [5.41, 5.74) is 6.72. The van der Waals surface area contributed by atoms with Crippen LogP contribution in [0.2, 0.25) is 0 Å². The number of nitrogens with two attached hydrogens (primary N) is 1. The van der Waals surface area contributed by atoms with E-state index in [1.807, 2.05) is 0 Å². The molecule has 4 N–H and O–H groups in total. The second-order valence-corrected chi connectivity index (χ2v) is 5.24. The average molecular weight is 252 g/mol. The molecule has 6 nitrogen and oxygen atoms in total. The molecule has 1 aromatic heterocycles. The molecular weight excluding hydrogens is 240 g/mol. The maximum Gasteiger partial charge on any atom is 0.240 e. The van der Waals surface area contributed by atoms with Crippen molar-refractivity contribution in [3.05, 3.63) is 42.2 Å². The number of anilines is 1. The normalized spacial score (nSPS) is 11.5. The Kier molecular flexibility index (Phi) is 3.12. The number of nitrogen functional groups attached to an aromatic ring is 1. The van der Waals surface area contributed by atoms with Crippen LogP contribution in [-0.2, 0) is 16.6 Å². The highest BCUT2D eigenvalue weighted by Gasteiger charge is 2.13. The van der Waals surface area contributed by atoms with Gasteiger partial charge in [0, 0.05) is 11.9 Å². The smallest absolute Gasteiger partial charge is 0.240 e. The largest absolute Gasteiger partial charge is 0.399 e. The first-order valence-corrected chi connectivity index (χ1v) is 6.40. The summed E-state index contributed by atoms with van der Waals surface area (Å²) in [6, 6.07) is 7.72. The Morgan fingerprint density at radius 1 is 1.24 bits per heavy atom. The van der Waals surface area contributed by atoms with Crippen LogP contribution in [0.5, 0.6) is 0 Å². The summed E-state index contributed by atoms with van der Waals surface area (Å²) < 4.78 is 26.2. The van der Waals surface area contributed by atoms with Crippen LogP contribution in [0.25, 0.3) is 0 Å². The molecule has 0 saturated carbocycles. The third-order valence-corrected chi connectivity index (χ3v) is 3.62. The molecule has 0 radical (unpaired) electrons. The van der Waals surface area contributed by atoms with Gasteiger partial charge in [0.25, 0.3) is 0 Å². The molecule has 2 rings (SSSR count). The Balaban J connectivity index is 2.11. The van der Waals surface area contributed by atoms with Crippen molar-refractivity contribution in [2.75, 3.05) is 5.73 Å². The molecule has 0 aliphatic rings. The molecule has 0 unspecified atom stereocenters. The summed E-state index contributed by atoms with van der Waals surface area (Å²) >= 11 is 0. The molecule has 0 bridgehead atoms. The molecule has 2 aromatic rings. The minimum Gasteiger partial charge on any atom is -0.399 e. The third kappa shape index (κ3) is 2.83. The number of hydrogen-bond donors (Lipinski definition) is 3. The molecule has 0 spiro atoms. The van der Waals surface area contributed by atoms with Crippen molar-refractivity contribution in [3.63, 3.8) is 0 Å². The number of sulfonamides is 1. The molecule has 7 heteroatoms. The highest BCUT2D eigenvalue weighted by Crippen LogP contribution is 2.11. The van der Waals surface area contributed by atoms with Crippen LogP contribution in [0, 0.1) is 0 Å². The maximum absolute atomic E-state index is 11.9. The fraction of sp³-hybridized carbons (Fsp3) is 0.100. The first-order valence-electron chi connectivity index (χ1n) is 4.91. The van der Waals surface area contributed by atoms with Crippen LogP contribution < -0.4 is 10.5 Å². The number of aromatic nitrogens is 2. The van der Waals surface area contributed by atoms with Crippen molar-refractivity contribution >= 4 is 15.7 Å². The van der Waals surface area contributed by atoms with Crippen LogP contribution in [0.4, 0.5) is 5.69 Å². The molecule has 0 saturated heterocycles. The predicted octanol–water partition coefficient (Wildman–Crippen LogP) is 0.470. The summed E-state index contributed by atoms with van der Waals surface area (Å²) in [4.78, 5) is 0.186. The van der Waals surface area contributed by atoms with Crippen molar-refractivity contribution in [1.29, 1.82) is 0 Å². The molecule has 0 aliphatic carbocycles. The Hall–Kier alpha value is -1.86.